The third kappa shape index (κ3) is 3.37. The van der Waals surface area contributed by atoms with Crippen molar-refractivity contribution in [3.05, 3.63) is 90.0 Å². The standard InChI is InChI=1S/C25H22N2O3/c1-29-23-14-8-6-12-21(23)27-24(28)15-16-25(27,18-26)20-11-5-7-13-22(20)30-17-19-9-3-2-4-10-19/h2-14H,15-17H2,1H3/t25-/m0/s1. The lowest BCUT2D eigenvalue weighted by atomic mass is 9.87. The number of benzene rings is 3. The summed E-state index contributed by atoms with van der Waals surface area (Å²) in [5.74, 6) is 1.03. The summed E-state index contributed by atoms with van der Waals surface area (Å²) < 4.78 is 11.6. The number of carbonyl (C=O) groups excluding carboxylic acids is 1. The van der Waals surface area contributed by atoms with Crippen molar-refractivity contribution >= 4 is 11.6 Å². The number of methoxy groups -OCH3 is 1. The number of rotatable bonds is 6. The van der Waals surface area contributed by atoms with Gasteiger partial charge in [-0.05, 0) is 30.2 Å². The summed E-state index contributed by atoms with van der Waals surface area (Å²) in [5, 5.41) is 10.4. The maximum Gasteiger partial charge on any atom is 0.228 e. The summed E-state index contributed by atoms with van der Waals surface area (Å²) in [5.41, 5.74) is 1.13. The van der Waals surface area contributed by atoms with Crippen molar-refractivity contribution in [3.63, 3.8) is 0 Å². The van der Waals surface area contributed by atoms with E-state index in [1.807, 2.05) is 72.8 Å². The Labute approximate surface area is 176 Å². The Balaban J connectivity index is 1.77. The lowest BCUT2D eigenvalue weighted by Gasteiger charge is -2.34. The van der Waals surface area contributed by atoms with Gasteiger partial charge in [0.2, 0.25) is 5.91 Å². The van der Waals surface area contributed by atoms with Crippen molar-refractivity contribution < 1.29 is 14.3 Å². The van der Waals surface area contributed by atoms with Crippen LogP contribution in [0, 0.1) is 11.3 Å². The van der Waals surface area contributed by atoms with Gasteiger partial charge >= 0.3 is 0 Å². The zero-order chi connectivity index (χ0) is 21.0. The first-order chi connectivity index (χ1) is 14.7. The zero-order valence-corrected chi connectivity index (χ0v) is 16.7. The molecule has 0 saturated carbocycles. The SMILES string of the molecule is COc1ccccc1N1C(=O)CC[C@]1(C#N)c1ccccc1OCc1ccccc1. The van der Waals surface area contributed by atoms with Crippen LogP contribution in [0.1, 0.15) is 24.0 Å². The molecule has 0 aromatic heterocycles. The van der Waals surface area contributed by atoms with E-state index in [2.05, 4.69) is 6.07 Å². The van der Waals surface area contributed by atoms with Crippen LogP contribution in [0.15, 0.2) is 78.9 Å². The van der Waals surface area contributed by atoms with Crippen molar-refractivity contribution in [2.75, 3.05) is 12.0 Å². The highest BCUT2D eigenvalue weighted by atomic mass is 16.5. The van der Waals surface area contributed by atoms with Gasteiger partial charge in [-0.1, -0.05) is 60.7 Å². The van der Waals surface area contributed by atoms with E-state index >= 15 is 0 Å². The topological polar surface area (TPSA) is 62.6 Å². The first-order valence-corrected chi connectivity index (χ1v) is 9.83. The van der Waals surface area contributed by atoms with Crippen molar-refractivity contribution in [2.24, 2.45) is 0 Å². The van der Waals surface area contributed by atoms with Crippen LogP contribution in [-0.2, 0) is 16.9 Å². The molecule has 1 fully saturated rings. The van der Waals surface area contributed by atoms with Gasteiger partial charge < -0.3 is 9.47 Å². The molecule has 30 heavy (non-hydrogen) atoms. The number of para-hydroxylation sites is 3. The maximum absolute atomic E-state index is 13.0. The summed E-state index contributed by atoms with van der Waals surface area (Å²) in [7, 11) is 1.56. The first-order valence-electron chi connectivity index (χ1n) is 9.83. The molecule has 0 radical (unpaired) electrons. The van der Waals surface area contributed by atoms with E-state index in [9.17, 15) is 10.1 Å². The van der Waals surface area contributed by atoms with Crippen LogP contribution in [0.2, 0.25) is 0 Å². The molecule has 5 heteroatoms. The van der Waals surface area contributed by atoms with Gasteiger partial charge in [0.25, 0.3) is 0 Å². The van der Waals surface area contributed by atoms with Gasteiger partial charge in [-0.2, -0.15) is 5.26 Å². The van der Waals surface area contributed by atoms with E-state index in [4.69, 9.17) is 9.47 Å². The van der Waals surface area contributed by atoms with Crippen molar-refractivity contribution in [2.45, 2.75) is 25.0 Å². The Kier molecular flexibility index (Phi) is 5.40. The molecule has 1 heterocycles. The van der Waals surface area contributed by atoms with Gasteiger partial charge in [-0.25, -0.2) is 0 Å². The van der Waals surface area contributed by atoms with Crippen molar-refractivity contribution in [1.82, 2.24) is 0 Å². The smallest absolute Gasteiger partial charge is 0.228 e. The molecule has 3 aromatic rings. The Bertz CT molecular complexity index is 1090. The fraction of sp³-hybridized carbons (Fsp3) is 0.200. The summed E-state index contributed by atoms with van der Waals surface area (Å²) in [6.45, 7) is 0.377. The third-order valence-corrected chi connectivity index (χ3v) is 5.41. The second-order valence-corrected chi connectivity index (χ2v) is 7.14. The molecule has 0 bridgehead atoms. The fourth-order valence-electron chi connectivity index (χ4n) is 3.97. The Morgan fingerprint density at radius 3 is 2.37 bits per heavy atom. The van der Waals surface area contributed by atoms with Crippen LogP contribution in [0.5, 0.6) is 11.5 Å². The van der Waals surface area contributed by atoms with E-state index in [1.54, 1.807) is 18.1 Å². The van der Waals surface area contributed by atoms with Gasteiger partial charge in [0.05, 0.1) is 18.9 Å². The van der Waals surface area contributed by atoms with Crippen molar-refractivity contribution in [1.29, 1.82) is 5.26 Å². The highest BCUT2D eigenvalue weighted by Crippen LogP contribution is 2.47. The summed E-state index contributed by atoms with van der Waals surface area (Å²) >= 11 is 0. The normalized spacial score (nSPS) is 18.1. The van der Waals surface area contributed by atoms with Crippen LogP contribution < -0.4 is 14.4 Å². The van der Waals surface area contributed by atoms with Crippen LogP contribution in [0.25, 0.3) is 0 Å². The number of carbonyl (C=O) groups is 1. The molecule has 0 spiro atoms. The monoisotopic (exact) mass is 398 g/mol. The minimum absolute atomic E-state index is 0.112. The van der Waals surface area contributed by atoms with E-state index in [0.717, 1.165) is 5.56 Å². The molecule has 1 atom stereocenters. The number of hydrogen-bond acceptors (Lipinski definition) is 4. The molecule has 1 saturated heterocycles. The Hall–Kier alpha value is -3.78. The Morgan fingerprint density at radius 2 is 1.63 bits per heavy atom. The molecule has 4 rings (SSSR count). The number of nitrogens with zero attached hydrogens (tertiary/aromatic N) is 2. The summed E-state index contributed by atoms with van der Waals surface area (Å²) in [6.07, 6.45) is 0.657. The average molecular weight is 398 g/mol. The van der Waals surface area contributed by atoms with Crippen LogP contribution >= 0.6 is 0 Å². The number of nitriles is 1. The molecular formula is C25H22N2O3. The van der Waals surface area contributed by atoms with Gasteiger partial charge in [0.1, 0.15) is 18.1 Å². The second-order valence-electron chi connectivity index (χ2n) is 7.14. The molecule has 0 N–H and O–H groups in total. The molecule has 5 nitrogen and oxygen atoms in total. The largest absolute Gasteiger partial charge is 0.495 e. The van der Waals surface area contributed by atoms with E-state index < -0.39 is 5.54 Å². The number of anilines is 1. The maximum atomic E-state index is 13.0. The molecular weight excluding hydrogens is 376 g/mol. The highest BCUT2D eigenvalue weighted by molar-refractivity contribution is 6.00. The van der Waals surface area contributed by atoms with Gasteiger partial charge in [-0.15, -0.1) is 0 Å². The average Bonchev–Trinajstić information content (AvgIpc) is 3.15. The lowest BCUT2D eigenvalue weighted by Crippen LogP contribution is -2.43. The molecule has 1 amide bonds. The van der Waals surface area contributed by atoms with Crippen LogP contribution in [0.4, 0.5) is 5.69 Å². The molecule has 150 valence electrons. The van der Waals surface area contributed by atoms with E-state index in [-0.39, 0.29) is 12.3 Å². The molecule has 1 aliphatic heterocycles. The highest BCUT2D eigenvalue weighted by Gasteiger charge is 2.50. The second kappa shape index (κ2) is 8.30. The summed E-state index contributed by atoms with van der Waals surface area (Å²) in [6, 6.07) is 27.0. The van der Waals surface area contributed by atoms with Gasteiger partial charge in [0, 0.05) is 12.0 Å². The molecule has 0 unspecified atom stereocenters. The predicted molar refractivity (Wildman–Crippen MR) is 114 cm³/mol. The number of amides is 1. The lowest BCUT2D eigenvalue weighted by molar-refractivity contribution is -0.117. The van der Waals surface area contributed by atoms with Gasteiger partial charge in [-0.3, -0.25) is 9.69 Å². The molecule has 3 aromatic carbocycles. The van der Waals surface area contributed by atoms with Crippen molar-refractivity contribution in [3.8, 4) is 17.6 Å². The minimum atomic E-state index is -1.17. The summed E-state index contributed by atoms with van der Waals surface area (Å²) in [4.78, 5) is 14.5. The predicted octanol–water partition coefficient (Wildman–Crippen LogP) is 4.82. The zero-order valence-electron chi connectivity index (χ0n) is 16.7. The Morgan fingerprint density at radius 1 is 0.967 bits per heavy atom. The fourth-order valence-corrected chi connectivity index (χ4v) is 3.97. The first kappa shape index (κ1) is 19.5. The number of ether oxygens (including phenoxy) is 2. The quantitative estimate of drug-likeness (QED) is 0.597. The molecule has 0 aliphatic carbocycles. The van der Waals surface area contributed by atoms with Crippen LogP contribution in [-0.4, -0.2) is 13.0 Å². The van der Waals surface area contributed by atoms with E-state index in [1.165, 1.54) is 0 Å². The molecule has 1 aliphatic rings. The van der Waals surface area contributed by atoms with E-state index in [0.29, 0.717) is 35.8 Å². The van der Waals surface area contributed by atoms with Crippen LogP contribution in [0.3, 0.4) is 0 Å². The van der Waals surface area contributed by atoms with Gasteiger partial charge in [0.15, 0.2) is 5.54 Å². The third-order valence-electron chi connectivity index (χ3n) is 5.41. The minimum Gasteiger partial charge on any atom is -0.495 e. The number of hydrogen-bond donors (Lipinski definition) is 0.